The lowest BCUT2D eigenvalue weighted by Crippen LogP contribution is -2.33. The van der Waals surface area contributed by atoms with Crippen LogP contribution >= 0.6 is 0 Å². The third-order valence-electron chi connectivity index (χ3n) is 7.23. The zero-order valence-electron chi connectivity index (χ0n) is 26.1. The molecule has 5 rings (SSSR count). The second-order valence-electron chi connectivity index (χ2n) is 11.5. The maximum Gasteiger partial charge on any atom is 0.264 e. The van der Waals surface area contributed by atoms with Gasteiger partial charge in [0.15, 0.2) is 0 Å². The Morgan fingerprint density at radius 2 is 1.58 bits per heavy atom. The molecular weight excluding hydrogens is 560 g/mol. The van der Waals surface area contributed by atoms with Crippen LogP contribution in [0, 0.1) is 13.8 Å². The summed E-state index contributed by atoms with van der Waals surface area (Å²) in [6.07, 6.45) is -0.597. The number of sulfonamides is 1. The number of rotatable bonds is 2. The maximum atomic E-state index is 13.5. The van der Waals surface area contributed by atoms with E-state index in [9.17, 15) is 13.2 Å². The van der Waals surface area contributed by atoms with Crippen molar-refractivity contribution < 1.29 is 19.4 Å². The molecule has 1 aliphatic rings. The molecule has 0 saturated heterocycles. The minimum atomic E-state index is -4.11. The summed E-state index contributed by atoms with van der Waals surface area (Å²) >= 11 is 0. The molecule has 43 heavy (non-hydrogen) atoms. The largest absolute Gasteiger partial charge is 0.467 e. The molecule has 228 valence electrons. The molecule has 1 N–H and O–H groups in total. The molecule has 1 aromatic heterocycles. The standard InChI is InChI=1S/C32H34N4O4S.C2H6.H2/c1-20-10-7-11-21(2)29(20)26-18-28-34-31(33-26)35-41(38,39)25-15-9-13-23(17-25)30(37)36(6)19-27(40-28)22-12-8-14-24(16-22)32(3,4)5;1-2;/h7-18,27H,19H2,1-6H3,(H,33,34,35);1-2H3;1H. The van der Waals surface area contributed by atoms with Crippen molar-refractivity contribution in [1.29, 1.82) is 0 Å². The number of nitrogens with zero attached hydrogens (tertiary/aromatic N) is 3. The van der Waals surface area contributed by atoms with Crippen LogP contribution in [-0.4, -0.2) is 42.8 Å². The van der Waals surface area contributed by atoms with Crippen LogP contribution in [0.4, 0.5) is 5.95 Å². The van der Waals surface area contributed by atoms with Gasteiger partial charge in [0.05, 0.1) is 17.1 Å². The number of benzene rings is 3. The molecule has 0 fully saturated rings. The fourth-order valence-electron chi connectivity index (χ4n) is 4.97. The lowest BCUT2D eigenvalue weighted by Gasteiger charge is -2.27. The first-order valence-corrected chi connectivity index (χ1v) is 15.9. The van der Waals surface area contributed by atoms with Gasteiger partial charge >= 0.3 is 0 Å². The van der Waals surface area contributed by atoms with E-state index in [-0.39, 0.29) is 41.6 Å². The summed E-state index contributed by atoms with van der Waals surface area (Å²) in [6.45, 7) is 14.6. The van der Waals surface area contributed by atoms with Crippen LogP contribution in [0.25, 0.3) is 11.3 Å². The van der Waals surface area contributed by atoms with Crippen molar-refractivity contribution in [3.8, 4) is 17.1 Å². The number of amides is 1. The zero-order chi connectivity index (χ0) is 31.5. The van der Waals surface area contributed by atoms with Crippen molar-refractivity contribution in [2.45, 2.75) is 64.9 Å². The van der Waals surface area contributed by atoms with Gasteiger partial charge in [-0.15, -0.1) is 0 Å². The van der Waals surface area contributed by atoms with Crippen molar-refractivity contribution in [2.75, 3.05) is 18.3 Å². The van der Waals surface area contributed by atoms with Gasteiger partial charge in [-0.25, -0.2) is 18.1 Å². The Labute approximate surface area is 256 Å². The SMILES string of the molecule is CC.Cc1cccc(C)c1-c1cc2nc(n1)NS(=O)(=O)c1cccc(c1)C(=O)N(C)CC(c1cccc(C(C)(C)C)c1)O2.[HH]. The number of anilines is 1. The second-order valence-corrected chi connectivity index (χ2v) is 13.2. The van der Waals surface area contributed by atoms with E-state index in [4.69, 9.17) is 4.74 Å². The molecule has 1 aliphatic heterocycles. The molecule has 0 radical (unpaired) electrons. The average Bonchev–Trinajstić information content (AvgIpc) is 2.96. The molecule has 1 amide bonds. The Morgan fingerprint density at radius 3 is 2.26 bits per heavy atom. The van der Waals surface area contributed by atoms with Gasteiger partial charge in [-0.2, -0.15) is 4.98 Å². The van der Waals surface area contributed by atoms with Crippen LogP contribution in [0.5, 0.6) is 5.88 Å². The fraction of sp³-hybridized carbons (Fsp3) is 0.324. The first-order valence-electron chi connectivity index (χ1n) is 14.4. The van der Waals surface area contributed by atoms with Crippen LogP contribution in [0.2, 0.25) is 0 Å². The minimum absolute atomic E-state index is 0. The summed E-state index contributed by atoms with van der Waals surface area (Å²) in [7, 11) is -2.43. The molecule has 3 aromatic carbocycles. The molecule has 0 spiro atoms. The van der Waals surface area contributed by atoms with Crippen LogP contribution in [-0.2, 0) is 15.4 Å². The highest BCUT2D eigenvalue weighted by Gasteiger charge is 2.26. The summed E-state index contributed by atoms with van der Waals surface area (Å²) in [5.41, 5.74) is 5.50. The number of carbonyl (C=O) groups excluding carboxylic acids is 1. The van der Waals surface area contributed by atoms with E-state index in [1.54, 1.807) is 30.1 Å². The van der Waals surface area contributed by atoms with E-state index < -0.39 is 16.1 Å². The van der Waals surface area contributed by atoms with Crippen molar-refractivity contribution in [1.82, 2.24) is 14.9 Å². The van der Waals surface area contributed by atoms with E-state index in [1.165, 1.54) is 12.1 Å². The van der Waals surface area contributed by atoms with Gasteiger partial charge in [0.1, 0.15) is 6.10 Å². The smallest absolute Gasteiger partial charge is 0.264 e. The third-order valence-corrected chi connectivity index (χ3v) is 8.56. The average molecular weight is 603 g/mol. The summed E-state index contributed by atoms with van der Waals surface area (Å²) in [5, 5.41) is 0. The molecule has 0 saturated carbocycles. The normalized spacial score (nSPS) is 16.3. The van der Waals surface area contributed by atoms with E-state index in [0.717, 1.165) is 27.8 Å². The lowest BCUT2D eigenvalue weighted by molar-refractivity contribution is 0.0706. The predicted octanol–water partition coefficient (Wildman–Crippen LogP) is 7.34. The molecule has 8 nitrogen and oxygen atoms in total. The topological polar surface area (TPSA) is 101 Å². The minimum Gasteiger partial charge on any atom is -0.467 e. The maximum absolute atomic E-state index is 13.5. The first kappa shape index (κ1) is 31.7. The monoisotopic (exact) mass is 602 g/mol. The summed E-state index contributed by atoms with van der Waals surface area (Å²) < 4.78 is 35.8. The Balaban J connectivity index is 0.00000173. The van der Waals surface area contributed by atoms with Gasteiger partial charge < -0.3 is 9.64 Å². The number of fused-ring (bicyclic) bond motifs is 4. The summed E-state index contributed by atoms with van der Waals surface area (Å²) in [5.74, 6) is -0.254. The molecule has 9 heteroatoms. The Bertz CT molecular complexity index is 1730. The van der Waals surface area contributed by atoms with E-state index in [1.807, 2.05) is 58.0 Å². The number of aromatic nitrogens is 2. The van der Waals surface area contributed by atoms with Crippen molar-refractivity contribution in [2.24, 2.45) is 0 Å². The number of nitrogens with one attached hydrogen (secondary N) is 1. The number of carbonyl (C=O) groups is 1. The molecule has 4 bridgehead atoms. The Hall–Kier alpha value is -4.24. The molecular formula is C34H42N4O4S. The van der Waals surface area contributed by atoms with Gasteiger partial charge in [-0.3, -0.25) is 4.79 Å². The number of ether oxygens (including phenoxy) is 1. The van der Waals surface area contributed by atoms with Crippen LogP contribution in [0.1, 0.15) is 74.8 Å². The molecule has 4 aromatic rings. The highest BCUT2D eigenvalue weighted by atomic mass is 32.2. The highest BCUT2D eigenvalue weighted by Crippen LogP contribution is 2.33. The van der Waals surface area contributed by atoms with E-state index in [2.05, 4.69) is 47.6 Å². The number of aryl methyl sites for hydroxylation is 2. The first-order chi connectivity index (χ1) is 20.3. The van der Waals surface area contributed by atoms with Gasteiger partial charge in [-0.05, 0) is 59.7 Å². The Kier molecular flexibility index (Phi) is 9.25. The summed E-state index contributed by atoms with van der Waals surface area (Å²) in [6, 6.07) is 21.7. The highest BCUT2D eigenvalue weighted by molar-refractivity contribution is 7.92. The van der Waals surface area contributed by atoms with Crippen molar-refractivity contribution >= 4 is 21.9 Å². The predicted molar refractivity (Wildman–Crippen MR) is 173 cm³/mol. The van der Waals surface area contributed by atoms with Crippen molar-refractivity contribution in [3.63, 3.8) is 0 Å². The van der Waals surface area contributed by atoms with Crippen LogP contribution in [0.15, 0.2) is 77.7 Å². The fourth-order valence-corrected chi connectivity index (χ4v) is 5.96. The zero-order valence-corrected chi connectivity index (χ0v) is 26.9. The summed E-state index contributed by atoms with van der Waals surface area (Å²) in [4.78, 5) is 24.0. The molecule has 0 aliphatic carbocycles. The van der Waals surface area contributed by atoms with Crippen molar-refractivity contribution in [3.05, 3.63) is 101 Å². The number of likely N-dealkylation sites (N-methyl/N-ethyl adjacent to an activating group) is 1. The van der Waals surface area contributed by atoms with Gasteiger partial charge in [0, 0.05) is 25.7 Å². The molecule has 1 atom stereocenters. The number of hydrogen-bond donors (Lipinski definition) is 1. The lowest BCUT2D eigenvalue weighted by atomic mass is 9.85. The van der Waals surface area contributed by atoms with Crippen LogP contribution in [0.3, 0.4) is 0 Å². The second kappa shape index (κ2) is 12.6. The molecule has 1 unspecified atom stereocenters. The van der Waals surface area contributed by atoms with Gasteiger partial charge in [0.25, 0.3) is 15.9 Å². The number of hydrogen-bond acceptors (Lipinski definition) is 6. The van der Waals surface area contributed by atoms with E-state index in [0.29, 0.717) is 5.69 Å². The third kappa shape index (κ3) is 7.05. The molecule has 2 heterocycles. The van der Waals surface area contributed by atoms with Crippen LogP contribution < -0.4 is 9.46 Å². The van der Waals surface area contributed by atoms with Gasteiger partial charge in [0.2, 0.25) is 11.8 Å². The van der Waals surface area contributed by atoms with E-state index >= 15 is 0 Å². The quantitative estimate of drug-likeness (QED) is 0.258. The Morgan fingerprint density at radius 1 is 0.930 bits per heavy atom. The van der Waals surface area contributed by atoms with Gasteiger partial charge in [-0.1, -0.05) is 83.1 Å².